The molecule has 0 atom stereocenters. The molecular formula is C26H36. The van der Waals surface area contributed by atoms with Crippen molar-refractivity contribution in [3.8, 4) is 0 Å². The maximum absolute atomic E-state index is 2.26. The third-order valence-electron chi connectivity index (χ3n) is 4.66. The van der Waals surface area contributed by atoms with Gasteiger partial charge in [0.25, 0.3) is 0 Å². The number of rotatable bonds is 3. The Hall–Kier alpha value is -2.08. The minimum Gasteiger partial charge on any atom is -0.0840 e. The molecule has 0 N–H and O–H groups in total. The van der Waals surface area contributed by atoms with Crippen LogP contribution in [0.2, 0.25) is 0 Å². The fraction of sp³-hybridized carbons (Fsp3) is 0.385. The van der Waals surface area contributed by atoms with Gasteiger partial charge in [-0.15, -0.1) is 0 Å². The van der Waals surface area contributed by atoms with Gasteiger partial charge in [0, 0.05) is 0 Å². The zero-order valence-electron chi connectivity index (χ0n) is 17.3. The van der Waals surface area contributed by atoms with Crippen LogP contribution in [0.15, 0.2) is 78.4 Å². The van der Waals surface area contributed by atoms with Crippen molar-refractivity contribution in [2.45, 2.75) is 66.2 Å². The van der Waals surface area contributed by atoms with Crippen LogP contribution in [0.25, 0.3) is 0 Å². The van der Waals surface area contributed by atoms with Gasteiger partial charge >= 0.3 is 0 Å². The van der Waals surface area contributed by atoms with Crippen LogP contribution in [0.1, 0.15) is 69.1 Å². The molecule has 2 aromatic rings. The van der Waals surface area contributed by atoms with E-state index in [4.69, 9.17) is 0 Å². The Morgan fingerprint density at radius 3 is 1.65 bits per heavy atom. The van der Waals surface area contributed by atoms with Gasteiger partial charge in [0.2, 0.25) is 0 Å². The molecular weight excluding hydrogens is 312 g/mol. The third kappa shape index (κ3) is 9.42. The Labute approximate surface area is 161 Å². The van der Waals surface area contributed by atoms with Crippen molar-refractivity contribution >= 4 is 0 Å². The Balaban J connectivity index is 0.000000207. The highest BCUT2D eigenvalue weighted by molar-refractivity contribution is 5.24. The summed E-state index contributed by atoms with van der Waals surface area (Å²) in [5.41, 5.74) is 5.57. The topological polar surface area (TPSA) is 0 Å². The molecule has 2 aromatic carbocycles. The van der Waals surface area contributed by atoms with Crippen LogP contribution in [0.4, 0.5) is 0 Å². The largest absolute Gasteiger partial charge is 0.0840 e. The standard InChI is InChI=1S/C12H18.C7H10.C7H8/c1-4-11(5-2)12-8-6-10(3)7-9-12;2*1-7-5-3-2-4-6-7/h6-9,11H,4-5H2,1-3H3;3,5-6H,2,4H2,1H3;2-6H,1H3. The maximum Gasteiger partial charge on any atom is -0.0167 e. The molecule has 140 valence electrons. The fourth-order valence-corrected chi connectivity index (χ4v) is 2.88. The molecule has 0 nitrogen and oxygen atoms in total. The molecule has 3 rings (SSSR count). The number of aryl methyl sites for hydroxylation is 2. The summed E-state index contributed by atoms with van der Waals surface area (Å²) in [6.07, 6.45) is 11.6. The number of benzene rings is 2. The van der Waals surface area contributed by atoms with Gasteiger partial charge in [-0.25, -0.2) is 0 Å². The molecule has 26 heavy (non-hydrogen) atoms. The first-order valence-electron chi connectivity index (χ1n) is 9.98. The molecule has 0 saturated heterocycles. The molecule has 0 radical (unpaired) electrons. The molecule has 0 bridgehead atoms. The second-order valence-corrected chi connectivity index (χ2v) is 7.01. The van der Waals surface area contributed by atoms with Crippen molar-refractivity contribution in [3.05, 3.63) is 95.1 Å². The van der Waals surface area contributed by atoms with Crippen LogP contribution in [-0.4, -0.2) is 0 Å². The van der Waals surface area contributed by atoms with Crippen molar-refractivity contribution in [1.29, 1.82) is 0 Å². The van der Waals surface area contributed by atoms with E-state index in [9.17, 15) is 0 Å². The highest BCUT2D eigenvalue weighted by Gasteiger charge is 2.04. The lowest BCUT2D eigenvalue weighted by Gasteiger charge is -2.12. The predicted molar refractivity (Wildman–Crippen MR) is 118 cm³/mol. The molecule has 0 saturated carbocycles. The summed E-state index contributed by atoms with van der Waals surface area (Å²) >= 11 is 0. The third-order valence-corrected chi connectivity index (χ3v) is 4.66. The summed E-state index contributed by atoms with van der Waals surface area (Å²) in [5.74, 6) is 0.755. The highest BCUT2D eigenvalue weighted by atomic mass is 14.1. The Morgan fingerprint density at radius 2 is 1.31 bits per heavy atom. The van der Waals surface area contributed by atoms with E-state index >= 15 is 0 Å². The monoisotopic (exact) mass is 348 g/mol. The summed E-state index contributed by atoms with van der Waals surface area (Å²) in [4.78, 5) is 0. The van der Waals surface area contributed by atoms with Crippen molar-refractivity contribution < 1.29 is 0 Å². The first kappa shape index (κ1) is 22.0. The highest BCUT2D eigenvalue weighted by Crippen LogP contribution is 2.22. The van der Waals surface area contributed by atoms with Gasteiger partial charge in [-0.2, -0.15) is 0 Å². The van der Waals surface area contributed by atoms with Gasteiger partial charge < -0.3 is 0 Å². The lowest BCUT2D eigenvalue weighted by Crippen LogP contribution is -1.94. The zero-order chi connectivity index (χ0) is 19.2. The summed E-state index contributed by atoms with van der Waals surface area (Å²) in [6.45, 7) is 10.9. The smallest absolute Gasteiger partial charge is 0.0167 e. The number of allylic oxidation sites excluding steroid dienone is 4. The normalized spacial score (nSPS) is 12.5. The lowest BCUT2D eigenvalue weighted by atomic mass is 9.93. The van der Waals surface area contributed by atoms with E-state index in [1.165, 1.54) is 47.9 Å². The van der Waals surface area contributed by atoms with Crippen LogP contribution < -0.4 is 0 Å². The maximum atomic E-state index is 2.26. The van der Waals surface area contributed by atoms with E-state index in [-0.39, 0.29) is 0 Å². The van der Waals surface area contributed by atoms with Crippen LogP contribution in [0.5, 0.6) is 0 Å². The average molecular weight is 349 g/mol. The van der Waals surface area contributed by atoms with Crippen molar-refractivity contribution in [1.82, 2.24) is 0 Å². The second-order valence-electron chi connectivity index (χ2n) is 7.01. The fourth-order valence-electron chi connectivity index (χ4n) is 2.88. The summed E-state index contributed by atoms with van der Waals surface area (Å²) in [7, 11) is 0. The number of hydrogen-bond donors (Lipinski definition) is 0. The van der Waals surface area contributed by atoms with Gasteiger partial charge in [0.05, 0.1) is 0 Å². The molecule has 0 heterocycles. The van der Waals surface area contributed by atoms with E-state index in [1.807, 2.05) is 18.2 Å². The molecule has 1 aliphatic carbocycles. The van der Waals surface area contributed by atoms with Gasteiger partial charge in [-0.3, -0.25) is 0 Å². The molecule has 0 unspecified atom stereocenters. The average Bonchev–Trinajstić information content (AvgIpc) is 2.67. The lowest BCUT2D eigenvalue weighted by molar-refractivity contribution is 0.642. The molecule has 1 aliphatic rings. The van der Waals surface area contributed by atoms with E-state index in [1.54, 1.807) is 0 Å². The summed E-state index contributed by atoms with van der Waals surface area (Å²) < 4.78 is 0. The van der Waals surface area contributed by atoms with Crippen LogP contribution in [0.3, 0.4) is 0 Å². The minimum absolute atomic E-state index is 0.755. The molecule has 0 amide bonds. The van der Waals surface area contributed by atoms with E-state index in [0.717, 1.165) is 5.92 Å². The van der Waals surface area contributed by atoms with Crippen molar-refractivity contribution in [2.75, 3.05) is 0 Å². The Morgan fingerprint density at radius 1 is 0.731 bits per heavy atom. The number of hydrogen-bond acceptors (Lipinski definition) is 0. The molecule has 0 fully saturated rings. The van der Waals surface area contributed by atoms with Crippen molar-refractivity contribution in [3.63, 3.8) is 0 Å². The molecule has 0 aromatic heterocycles. The van der Waals surface area contributed by atoms with Crippen LogP contribution in [-0.2, 0) is 0 Å². The predicted octanol–water partition coefficient (Wildman–Crippen LogP) is 8.18. The van der Waals surface area contributed by atoms with Gasteiger partial charge in [0.1, 0.15) is 0 Å². The van der Waals surface area contributed by atoms with Crippen LogP contribution >= 0.6 is 0 Å². The quantitative estimate of drug-likeness (QED) is 0.524. The first-order chi connectivity index (χ1) is 12.6. The summed E-state index contributed by atoms with van der Waals surface area (Å²) in [6, 6.07) is 19.2. The first-order valence-corrected chi connectivity index (χ1v) is 9.98. The minimum atomic E-state index is 0.755. The zero-order valence-corrected chi connectivity index (χ0v) is 17.3. The van der Waals surface area contributed by atoms with Gasteiger partial charge in [-0.1, -0.05) is 103 Å². The van der Waals surface area contributed by atoms with Crippen molar-refractivity contribution in [2.24, 2.45) is 0 Å². The van der Waals surface area contributed by atoms with Gasteiger partial charge in [-0.05, 0) is 57.9 Å². The SMILES string of the molecule is CC1=CCCC=C1.CCC(CC)c1ccc(C)cc1.Cc1ccccc1. The molecule has 0 spiro atoms. The summed E-state index contributed by atoms with van der Waals surface area (Å²) in [5, 5.41) is 0. The second kappa shape index (κ2) is 13.2. The van der Waals surface area contributed by atoms with E-state index < -0.39 is 0 Å². The Kier molecular flexibility index (Phi) is 11.1. The Bertz CT molecular complexity index is 640. The van der Waals surface area contributed by atoms with E-state index in [0.29, 0.717) is 0 Å². The van der Waals surface area contributed by atoms with Gasteiger partial charge in [0.15, 0.2) is 0 Å². The van der Waals surface area contributed by atoms with E-state index in [2.05, 4.69) is 89.2 Å². The van der Waals surface area contributed by atoms with Crippen LogP contribution in [0, 0.1) is 13.8 Å². The molecule has 0 aliphatic heterocycles. The molecule has 0 heteroatoms.